The molecule has 0 aliphatic rings. The van der Waals surface area contributed by atoms with E-state index < -0.39 is 0 Å². The lowest BCUT2D eigenvalue weighted by Crippen LogP contribution is -1.84. The van der Waals surface area contributed by atoms with E-state index in [2.05, 4.69) is 22.0 Å². The standard InChI is InChI=1S/C14H10BrNOS/c15-13-2-1-3-14(12(13)8-16)18-11-6-4-10(9-17)5-7-11/h1-7,17H,9H2. The van der Waals surface area contributed by atoms with Gasteiger partial charge in [-0.1, -0.05) is 30.0 Å². The predicted molar refractivity (Wildman–Crippen MR) is 75.3 cm³/mol. The molecular formula is C14H10BrNOS. The first-order valence-corrected chi connectivity index (χ1v) is 6.92. The van der Waals surface area contributed by atoms with Crippen LogP contribution in [0.3, 0.4) is 0 Å². The smallest absolute Gasteiger partial charge is 0.102 e. The van der Waals surface area contributed by atoms with Crippen LogP contribution in [0.4, 0.5) is 0 Å². The Hall–Kier alpha value is -1.28. The van der Waals surface area contributed by atoms with E-state index in [1.54, 1.807) is 0 Å². The maximum absolute atomic E-state index is 9.13. The fourth-order valence-electron chi connectivity index (χ4n) is 1.49. The van der Waals surface area contributed by atoms with Crippen molar-refractivity contribution in [2.75, 3.05) is 0 Å². The van der Waals surface area contributed by atoms with Gasteiger partial charge in [-0.3, -0.25) is 0 Å². The minimum atomic E-state index is 0.0469. The van der Waals surface area contributed by atoms with Crippen molar-refractivity contribution in [2.24, 2.45) is 0 Å². The molecule has 0 unspecified atom stereocenters. The highest BCUT2D eigenvalue weighted by Crippen LogP contribution is 2.33. The van der Waals surface area contributed by atoms with Crippen LogP contribution in [0.2, 0.25) is 0 Å². The average molecular weight is 320 g/mol. The number of aliphatic hydroxyl groups is 1. The lowest BCUT2D eigenvalue weighted by molar-refractivity contribution is 0.282. The Morgan fingerprint density at radius 1 is 1.17 bits per heavy atom. The minimum absolute atomic E-state index is 0.0469. The number of aliphatic hydroxyl groups excluding tert-OH is 1. The normalized spacial score (nSPS) is 10.1. The van der Waals surface area contributed by atoms with Crippen LogP contribution in [0.25, 0.3) is 0 Å². The van der Waals surface area contributed by atoms with Gasteiger partial charge in [0.25, 0.3) is 0 Å². The van der Waals surface area contributed by atoms with Crippen LogP contribution in [-0.4, -0.2) is 5.11 Å². The third kappa shape index (κ3) is 2.94. The summed E-state index contributed by atoms with van der Waals surface area (Å²) in [4.78, 5) is 1.96. The number of hydrogen-bond donors (Lipinski definition) is 1. The number of halogens is 1. The molecule has 0 aliphatic heterocycles. The zero-order valence-corrected chi connectivity index (χ0v) is 11.8. The van der Waals surface area contributed by atoms with Crippen molar-refractivity contribution >= 4 is 27.7 Å². The number of benzene rings is 2. The van der Waals surface area contributed by atoms with Crippen molar-refractivity contribution in [3.05, 3.63) is 58.1 Å². The molecule has 2 aromatic carbocycles. The van der Waals surface area contributed by atoms with E-state index in [0.29, 0.717) is 5.56 Å². The first-order chi connectivity index (χ1) is 8.74. The summed E-state index contributed by atoms with van der Waals surface area (Å²) in [5.41, 5.74) is 1.53. The van der Waals surface area contributed by atoms with Gasteiger partial charge in [0.05, 0.1) is 12.2 Å². The second kappa shape index (κ2) is 6.05. The highest BCUT2D eigenvalue weighted by atomic mass is 79.9. The van der Waals surface area contributed by atoms with Gasteiger partial charge in [-0.2, -0.15) is 5.26 Å². The van der Waals surface area contributed by atoms with Gasteiger partial charge in [-0.25, -0.2) is 0 Å². The topological polar surface area (TPSA) is 44.0 Å². The maximum Gasteiger partial charge on any atom is 0.102 e. The van der Waals surface area contributed by atoms with Gasteiger partial charge in [0.2, 0.25) is 0 Å². The molecule has 0 saturated carbocycles. The van der Waals surface area contributed by atoms with Crippen LogP contribution < -0.4 is 0 Å². The summed E-state index contributed by atoms with van der Waals surface area (Å²) in [5, 5.41) is 18.1. The summed E-state index contributed by atoms with van der Waals surface area (Å²) in [6, 6.07) is 15.5. The van der Waals surface area contributed by atoms with Crippen molar-refractivity contribution in [3.8, 4) is 6.07 Å². The summed E-state index contributed by atoms with van der Waals surface area (Å²) in [7, 11) is 0. The molecule has 2 nitrogen and oxygen atoms in total. The molecular weight excluding hydrogens is 310 g/mol. The second-order valence-corrected chi connectivity index (χ2v) is 5.60. The van der Waals surface area contributed by atoms with Crippen molar-refractivity contribution < 1.29 is 5.11 Å². The van der Waals surface area contributed by atoms with Gasteiger partial charge in [0, 0.05) is 14.3 Å². The highest BCUT2D eigenvalue weighted by Gasteiger charge is 2.07. The fraction of sp³-hybridized carbons (Fsp3) is 0.0714. The summed E-state index contributed by atoms with van der Waals surface area (Å²) in [6.45, 7) is 0.0469. The van der Waals surface area contributed by atoms with Crippen LogP contribution >= 0.6 is 27.7 Å². The molecule has 0 bridgehead atoms. The van der Waals surface area contributed by atoms with Crippen molar-refractivity contribution in [1.82, 2.24) is 0 Å². The zero-order chi connectivity index (χ0) is 13.0. The van der Waals surface area contributed by atoms with E-state index in [0.717, 1.165) is 19.8 Å². The Morgan fingerprint density at radius 3 is 2.50 bits per heavy atom. The van der Waals surface area contributed by atoms with Gasteiger partial charge in [0.1, 0.15) is 6.07 Å². The predicted octanol–water partition coefficient (Wildman–Crippen LogP) is 3.96. The Kier molecular flexibility index (Phi) is 4.43. The Balaban J connectivity index is 2.28. The van der Waals surface area contributed by atoms with E-state index in [1.165, 1.54) is 11.8 Å². The number of nitriles is 1. The first kappa shape index (κ1) is 13.2. The molecule has 0 aromatic heterocycles. The summed E-state index contributed by atoms with van der Waals surface area (Å²) in [5.74, 6) is 0. The van der Waals surface area contributed by atoms with Crippen LogP contribution in [0, 0.1) is 11.3 Å². The highest BCUT2D eigenvalue weighted by molar-refractivity contribution is 9.10. The average Bonchev–Trinajstić information content (AvgIpc) is 2.40. The molecule has 1 N–H and O–H groups in total. The molecule has 90 valence electrons. The van der Waals surface area contributed by atoms with Crippen LogP contribution in [0.15, 0.2) is 56.7 Å². The molecule has 0 aliphatic carbocycles. The molecule has 0 atom stereocenters. The summed E-state index contributed by atoms with van der Waals surface area (Å²) in [6.07, 6.45) is 0. The lowest BCUT2D eigenvalue weighted by atomic mass is 10.2. The van der Waals surface area contributed by atoms with Gasteiger partial charge >= 0.3 is 0 Å². The molecule has 2 rings (SSSR count). The quantitative estimate of drug-likeness (QED) is 0.931. The Morgan fingerprint density at radius 2 is 1.89 bits per heavy atom. The van der Waals surface area contributed by atoms with E-state index in [4.69, 9.17) is 10.4 Å². The van der Waals surface area contributed by atoms with Gasteiger partial charge in [-0.15, -0.1) is 0 Å². The monoisotopic (exact) mass is 319 g/mol. The third-order valence-electron chi connectivity index (χ3n) is 2.42. The van der Waals surface area contributed by atoms with Gasteiger partial charge in [0.15, 0.2) is 0 Å². The molecule has 0 fully saturated rings. The van der Waals surface area contributed by atoms with Gasteiger partial charge in [-0.05, 0) is 45.8 Å². The first-order valence-electron chi connectivity index (χ1n) is 5.31. The molecule has 2 aromatic rings. The minimum Gasteiger partial charge on any atom is -0.392 e. The van der Waals surface area contributed by atoms with Crippen LogP contribution in [0.5, 0.6) is 0 Å². The molecule has 0 spiro atoms. The summed E-state index contributed by atoms with van der Waals surface area (Å²) < 4.78 is 0.807. The second-order valence-electron chi connectivity index (χ2n) is 3.63. The molecule has 0 amide bonds. The SMILES string of the molecule is N#Cc1c(Br)cccc1Sc1ccc(CO)cc1. The maximum atomic E-state index is 9.13. The number of hydrogen-bond acceptors (Lipinski definition) is 3. The number of rotatable bonds is 3. The van der Waals surface area contributed by atoms with Crippen LogP contribution in [0.1, 0.15) is 11.1 Å². The van der Waals surface area contributed by atoms with E-state index in [9.17, 15) is 0 Å². The number of nitrogens with zero attached hydrogens (tertiary/aromatic N) is 1. The molecule has 18 heavy (non-hydrogen) atoms. The van der Waals surface area contributed by atoms with E-state index >= 15 is 0 Å². The lowest BCUT2D eigenvalue weighted by Gasteiger charge is -2.06. The third-order valence-corrected chi connectivity index (χ3v) is 4.15. The van der Waals surface area contributed by atoms with E-state index in [-0.39, 0.29) is 6.61 Å². The Bertz CT molecular complexity index is 590. The molecule has 0 heterocycles. The van der Waals surface area contributed by atoms with Crippen molar-refractivity contribution in [2.45, 2.75) is 16.4 Å². The molecule has 4 heteroatoms. The van der Waals surface area contributed by atoms with Crippen molar-refractivity contribution in [3.63, 3.8) is 0 Å². The fourth-order valence-corrected chi connectivity index (χ4v) is 3.00. The zero-order valence-electron chi connectivity index (χ0n) is 9.43. The molecule has 0 saturated heterocycles. The Labute approximate surface area is 118 Å². The largest absolute Gasteiger partial charge is 0.392 e. The van der Waals surface area contributed by atoms with Gasteiger partial charge < -0.3 is 5.11 Å². The molecule has 0 radical (unpaired) electrons. The van der Waals surface area contributed by atoms with Crippen LogP contribution in [-0.2, 0) is 6.61 Å². The summed E-state index contributed by atoms with van der Waals surface area (Å²) >= 11 is 4.91. The van der Waals surface area contributed by atoms with Crippen molar-refractivity contribution in [1.29, 1.82) is 5.26 Å². The van der Waals surface area contributed by atoms with E-state index in [1.807, 2.05) is 42.5 Å².